The molecule has 0 spiro atoms. The van der Waals surface area contributed by atoms with E-state index in [1.165, 1.54) is 0 Å². The summed E-state index contributed by atoms with van der Waals surface area (Å²) in [7, 11) is 0. The lowest BCUT2D eigenvalue weighted by atomic mass is 10.1. The minimum Gasteiger partial charge on any atom is -0.489 e. The molecule has 0 bridgehead atoms. The molecule has 110 valence electrons. The molecule has 0 unspecified atom stereocenters. The van der Waals surface area contributed by atoms with Crippen LogP contribution in [0.2, 0.25) is 0 Å². The van der Waals surface area contributed by atoms with E-state index in [-0.39, 0.29) is 5.91 Å². The van der Waals surface area contributed by atoms with Crippen molar-refractivity contribution in [3.05, 3.63) is 59.7 Å². The molecular weight excluding hydrogens is 276 g/mol. The Morgan fingerprint density at radius 3 is 2.68 bits per heavy atom. The zero-order valence-electron chi connectivity index (χ0n) is 12.2. The molecule has 2 aromatic rings. The van der Waals surface area contributed by atoms with Gasteiger partial charge in [-0.25, -0.2) is 0 Å². The monoisotopic (exact) mass is 292 g/mol. The molecule has 3 rings (SSSR count). The van der Waals surface area contributed by atoms with Gasteiger partial charge in [0.2, 0.25) is 5.91 Å². The maximum Gasteiger partial charge on any atom is 0.227 e. The fraction of sp³-hybridized carbons (Fsp3) is 0.222. The summed E-state index contributed by atoms with van der Waals surface area (Å²) in [6.45, 7) is 1.21. The highest BCUT2D eigenvalue weighted by Gasteiger charge is 2.21. The SMILES string of the molecule is N#Cc1cccc(COc2ccc(N3CCCC3=O)cc2)c1. The summed E-state index contributed by atoms with van der Waals surface area (Å²) in [5.41, 5.74) is 2.50. The minimum atomic E-state index is 0.182. The summed E-state index contributed by atoms with van der Waals surface area (Å²) in [6, 6.07) is 17.0. The molecule has 4 nitrogen and oxygen atoms in total. The highest BCUT2D eigenvalue weighted by Crippen LogP contribution is 2.24. The molecule has 0 saturated carbocycles. The molecule has 0 aliphatic carbocycles. The van der Waals surface area contributed by atoms with E-state index in [4.69, 9.17) is 10.00 Å². The normalized spacial score (nSPS) is 14.0. The van der Waals surface area contributed by atoms with Crippen LogP contribution in [-0.2, 0) is 11.4 Å². The fourth-order valence-electron chi connectivity index (χ4n) is 2.54. The van der Waals surface area contributed by atoms with E-state index in [1.807, 2.05) is 42.5 Å². The van der Waals surface area contributed by atoms with Crippen molar-refractivity contribution in [2.75, 3.05) is 11.4 Å². The van der Waals surface area contributed by atoms with E-state index in [0.717, 1.165) is 30.0 Å². The number of ether oxygens (including phenoxy) is 1. The molecule has 1 aliphatic heterocycles. The highest BCUT2D eigenvalue weighted by atomic mass is 16.5. The van der Waals surface area contributed by atoms with E-state index in [9.17, 15) is 4.79 Å². The summed E-state index contributed by atoms with van der Waals surface area (Å²) in [4.78, 5) is 13.5. The molecule has 1 amide bonds. The Morgan fingerprint density at radius 1 is 1.18 bits per heavy atom. The van der Waals surface area contributed by atoms with Crippen LogP contribution in [0.5, 0.6) is 5.75 Å². The Hall–Kier alpha value is -2.80. The van der Waals surface area contributed by atoms with Gasteiger partial charge < -0.3 is 9.64 Å². The number of amides is 1. The van der Waals surface area contributed by atoms with Crippen LogP contribution in [0.4, 0.5) is 5.69 Å². The lowest BCUT2D eigenvalue weighted by Gasteiger charge is -2.16. The van der Waals surface area contributed by atoms with Crippen LogP contribution in [-0.4, -0.2) is 12.5 Å². The Balaban J connectivity index is 1.64. The summed E-state index contributed by atoms with van der Waals surface area (Å²) < 4.78 is 5.72. The number of anilines is 1. The van der Waals surface area contributed by atoms with Crippen LogP contribution in [0.3, 0.4) is 0 Å². The Morgan fingerprint density at radius 2 is 2.00 bits per heavy atom. The molecule has 0 radical (unpaired) electrons. The Kier molecular flexibility index (Phi) is 4.06. The average molecular weight is 292 g/mol. The van der Waals surface area contributed by atoms with E-state index < -0.39 is 0 Å². The van der Waals surface area contributed by atoms with Crippen molar-refractivity contribution in [1.82, 2.24) is 0 Å². The average Bonchev–Trinajstić information content (AvgIpc) is 3.00. The largest absolute Gasteiger partial charge is 0.489 e. The molecule has 2 aromatic carbocycles. The van der Waals surface area contributed by atoms with Gasteiger partial charge in [0.15, 0.2) is 0 Å². The maximum atomic E-state index is 11.7. The summed E-state index contributed by atoms with van der Waals surface area (Å²) in [6.07, 6.45) is 1.56. The first-order chi connectivity index (χ1) is 10.8. The molecule has 1 saturated heterocycles. The van der Waals surface area contributed by atoms with Crippen molar-refractivity contribution in [1.29, 1.82) is 5.26 Å². The number of rotatable bonds is 4. The molecule has 22 heavy (non-hydrogen) atoms. The third-order valence-electron chi connectivity index (χ3n) is 3.68. The zero-order chi connectivity index (χ0) is 15.4. The number of carbonyl (C=O) groups is 1. The molecule has 1 heterocycles. The van der Waals surface area contributed by atoms with Crippen molar-refractivity contribution in [3.63, 3.8) is 0 Å². The van der Waals surface area contributed by atoms with Gasteiger partial charge in [-0.1, -0.05) is 12.1 Å². The van der Waals surface area contributed by atoms with Crippen LogP contribution in [0.15, 0.2) is 48.5 Å². The maximum absolute atomic E-state index is 11.7. The zero-order valence-corrected chi connectivity index (χ0v) is 12.2. The van der Waals surface area contributed by atoms with E-state index in [0.29, 0.717) is 18.6 Å². The molecular formula is C18H16N2O2. The Labute approximate surface area is 129 Å². The van der Waals surface area contributed by atoms with Crippen LogP contribution >= 0.6 is 0 Å². The molecule has 1 aliphatic rings. The van der Waals surface area contributed by atoms with Gasteiger partial charge in [-0.15, -0.1) is 0 Å². The summed E-state index contributed by atoms with van der Waals surface area (Å²) in [5, 5.41) is 8.88. The first kappa shape index (κ1) is 14.2. The molecule has 0 N–H and O–H groups in total. The van der Waals surface area contributed by atoms with Crippen LogP contribution in [0.25, 0.3) is 0 Å². The summed E-state index contributed by atoms with van der Waals surface area (Å²) in [5.74, 6) is 0.930. The van der Waals surface area contributed by atoms with Crippen LogP contribution in [0.1, 0.15) is 24.0 Å². The van der Waals surface area contributed by atoms with Gasteiger partial charge in [-0.3, -0.25) is 4.79 Å². The van der Waals surface area contributed by atoms with E-state index >= 15 is 0 Å². The van der Waals surface area contributed by atoms with Gasteiger partial charge in [-0.2, -0.15) is 5.26 Å². The quantitative estimate of drug-likeness (QED) is 0.869. The molecule has 1 fully saturated rings. The number of carbonyl (C=O) groups excluding carboxylic acids is 1. The second-order valence-corrected chi connectivity index (χ2v) is 5.24. The topological polar surface area (TPSA) is 53.3 Å². The Bertz CT molecular complexity index is 717. The predicted octanol–water partition coefficient (Wildman–Crippen LogP) is 3.26. The lowest BCUT2D eigenvalue weighted by Crippen LogP contribution is -2.23. The van der Waals surface area contributed by atoms with Crippen LogP contribution in [0, 0.1) is 11.3 Å². The number of hydrogen-bond donors (Lipinski definition) is 0. The smallest absolute Gasteiger partial charge is 0.227 e. The second kappa shape index (κ2) is 6.31. The van der Waals surface area contributed by atoms with Crippen molar-refractivity contribution in [2.45, 2.75) is 19.4 Å². The van der Waals surface area contributed by atoms with Gasteiger partial charge in [-0.05, 0) is 48.4 Å². The first-order valence-corrected chi connectivity index (χ1v) is 7.28. The number of nitrogens with zero attached hydrogens (tertiary/aromatic N) is 2. The number of hydrogen-bond acceptors (Lipinski definition) is 3. The predicted molar refractivity (Wildman–Crippen MR) is 83.5 cm³/mol. The minimum absolute atomic E-state index is 0.182. The van der Waals surface area contributed by atoms with Crippen molar-refractivity contribution >= 4 is 11.6 Å². The van der Waals surface area contributed by atoms with Gasteiger partial charge in [0.25, 0.3) is 0 Å². The molecule has 4 heteroatoms. The van der Waals surface area contributed by atoms with E-state index in [2.05, 4.69) is 6.07 Å². The van der Waals surface area contributed by atoms with Crippen molar-refractivity contribution in [3.8, 4) is 11.8 Å². The van der Waals surface area contributed by atoms with Crippen molar-refractivity contribution in [2.24, 2.45) is 0 Å². The van der Waals surface area contributed by atoms with Gasteiger partial charge >= 0.3 is 0 Å². The third-order valence-corrected chi connectivity index (χ3v) is 3.68. The lowest BCUT2D eigenvalue weighted by molar-refractivity contribution is -0.117. The van der Waals surface area contributed by atoms with E-state index in [1.54, 1.807) is 11.0 Å². The van der Waals surface area contributed by atoms with Crippen molar-refractivity contribution < 1.29 is 9.53 Å². The first-order valence-electron chi connectivity index (χ1n) is 7.28. The van der Waals surface area contributed by atoms with Gasteiger partial charge in [0.05, 0.1) is 11.6 Å². The summed E-state index contributed by atoms with van der Waals surface area (Å²) >= 11 is 0. The van der Waals surface area contributed by atoms with Gasteiger partial charge in [0.1, 0.15) is 12.4 Å². The number of benzene rings is 2. The van der Waals surface area contributed by atoms with Gasteiger partial charge in [0, 0.05) is 18.7 Å². The highest BCUT2D eigenvalue weighted by molar-refractivity contribution is 5.95. The fourth-order valence-corrected chi connectivity index (χ4v) is 2.54. The van der Waals surface area contributed by atoms with Crippen LogP contribution < -0.4 is 9.64 Å². The standard InChI is InChI=1S/C18H16N2O2/c19-12-14-3-1-4-15(11-14)13-22-17-8-6-16(7-9-17)20-10-2-5-18(20)21/h1,3-4,6-9,11H,2,5,10,13H2. The third kappa shape index (κ3) is 3.09. The number of nitriles is 1. The second-order valence-electron chi connectivity index (χ2n) is 5.24. The molecule has 0 aromatic heterocycles. The molecule has 0 atom stereocenters.